The predicted molar refractivity (Wildman–Crippen MR) is 54.0 cm³/mol. The normalized spacial score (nSPS) is 11.4. The van der Waals surface area contributed by atoms with E-state index in [9.17, 15) is 4.79 Å². The van der Waals surface area contributed by atoms with E-state index in [2.05, 4.69) is 17.9 Å². The number of rotatable bonds is 6. The molecule has 0 aromatic heterocycles. The molecule has 2 N–H and O–H groups in total. The lowest BCUT2D eigenvalue weighted by molar-refractivity contribution is -0.120. The predicted octanol–water partition coefficient (Wildman–Crippen LogP) is -0.180. The summed E-state index contributed by atoms with van der Waals surface area (Å²) in [4.78, 5) is 10.8. The summed E-state index contributed by atoms with van der Waals surface area (Å²) in [6, 6.07) is 0. The lowest BCUT2D eigenvalue weighted by Gasteiger charge is -2.25. The third kappa shape index (κ3) is 6.86. The first-order chi connectivity index (χ1) is 6.02. The van der Waals surface area contributed by atoms with Gasteiger partial charge in [0.1, 0.15) is 0 Å². The average molecular weight is 207 g/mol. The minimum absolute atomic E-state index is 0.00998. The summed E-state index contributed by atoms with van der Waals surface area (Å²) >= 11 is 3.82. The summed E-state index contributed by atoms with van der Waals surface area (Å²) in [7, 11) is 0. The van der Waals surface area contributed by atoms with E-state index in [1.165, 1.54) is 0 Å². The van der Waals surface area contributed by atoms with Crippen LogP contribution in [0.1, 0.15) is 13.8 Å². The van der Waals surface area contributed by atoms with Gasteiger partial charge in [-0.15, -0.1) is 0 Å². The van der Waals surface area contributed by atoms with E-state index in [0.717, 1.165) is 0 Å². The van der Waals surface area contributed by atoms with Gasteiger partial charge in [-0.1, -0.05) is 0 Å². The number of hydrogen-bond acceptors (Lipinski definition) is 4. The zero-order valence-electron chi connectivity index (χ0n) is 8.04. The molecular weight excluding hydrogens is 190 g/mol. The Balaban J connectivity index is 3.67. The highest BCUT2D eigenvalue weighted by molar-refractivity contribution is 7.81. The molecule has 0 saturated heterocycles. The zero-order chi connectivity index (χ0) is 10.3. The molecule has 5 heteroatoms. The molecule has 0 bridgehead atoms. The highest BCUT2D eigenvalue weighted by atomic mass is 32.1. The van der Waals surface area contributed by atoms with Crippen LogP contribution < -0.4 is 5.32 Å². The van der Waals surface area contributed by atoms with Gasteiger partial charge in [-0.3, -0.25) is 4.79 Å². The summed E-state index contributed by atoms with van der Waals surface area (Å²) in [5, 5.41) is 11.2. The molecule has 0 aromatic carbocycles. The van der Waals surface area contributed by atoms with Gasteiger partial charge in [0.25, 0.3) is 0 Å². The van der Waals surface area contributed by atoms with Crippen LogP contribution in [0.5, 0.6) is 0 Å². The minimum Gasteiger partial charge on any atom is -0.394 e. The Morgan fingerprint density at radius 3 is 2.69 bits per heavy atom. The van der Waals surface area contributed by atoms with Crippen molar-refractivity contribution in [3.63, 3.8) is 0 Å². The molecule has 0 spiro atoms. The molecule has 0 aliphatic rings. The van der Waals surface area contributed by atoms with Crippen LogP contribution in [0.15, 0.2) is 0 Å². The van der Waals surface area contributed by atoms with Crippen molar-refractivity contribution in [2.45, 2.75) is 19.4 Å². The van der Waals surface area contributed by atoms with Crippen LogP contribution in [-0.2, 0) is 9.53 Å². The van der Waals surface area contributed by atoms with E-state index in [0.29, 0.717) is 6.54 Å². The molecule has 1 amide bonds. The van der Waals surface area contributed by atoms with Crippen LogP contribution in [0.4, 0.5) is 0 Å². The van der Waals surface area contributed by atoms with Crippen molar-refractivity contribution in [2.24, 2.45) is 0 Å². The maximum absolute atomic E-state index is 10.8. The summed E-state index contributed by atoms with van der Waals surface area (Å²) in [6.07, 6.45) is 0. The fourth-order valence-corrected chi connectivity index (χ4v) is 0.852. The number of aliphatic hydroxyl groups excluding tert-OH is 1. The third-order valence-corrected chi connectivity index (χ3v) is 1.73. The summed E-state index contributed by atoms with van der Waals surface area (Å²) in [5.41, 5.74) is -0.443. The van der Waals surface area contributed by atoms with Crippen LogP contribution in [0.3, 0.4) is 0 Å². The number of aliphatic hydroxyl groups is 1. The third-order valence-electron chi connectivity index (χ3n) is 1.44. The topological polar surface area (TPSA) is 58.6 Å². The summed E-state index contributed by atoms with van der Waals surface area (Å²) < 4.78 is 5.28. The first kappa shape index (κ1) is 12.7. The molecule has 4 nitrogen and oxygen atoms in total. The molecular formula is C8H17NO3S. The number of thiol groups is 1. The van der Waals surface area contributed by atoms with Gasteiger partial charge in [0.05, 0.1) is 24.6 Å². The van der Waals surface area contributed by atoms with Crippen molar-refractivity contribution in [1.29, 1.82) is 0 Å². The summed E-state index contributed by atoms with van der Waals surface area (Å²) in [5.74, 6) is 0.0554. The van der Waals surface area contributed by atoms with E-state index >= 15 is 0 Å². The molecule has 0 unspecified atom stereocenters. The van der Waals surface area contributed by atoms with Crippen LogP contribution in [-0.4, -0.2) is 42.1 Å². The van der Waals surface area contributed by atoms with Gasteiger partial charge in [-0.05, 0) is 13.8 Å². The van der Waals surface area contributed by atoms with Crippen LogP contribution in [0, 0.1) is 0 Å². The highest BCUT2D eigenvalue weighted by Crippen LogP contribution is 2.06. The van der Waals surface area contributed by atoms with E-state index in [4.69, 9.17) is 9.84 Å². The van der Waals surface area contributed by atoms with E-state index in [-0.39, 0.29) is 24.9 Å². The fraction of sp³-hybridized carbons (Fsp3) is 0.875. The number of carbonyl (C=O) groups excluding carboxylic acids is 1. The van der Waals surface area contributed by atoms with Crippen molar-refractivity contribution in [3.05, 3.63) is 0 Å². The van der Waals surface area contributed by atoms with Gasteiger partial charge in [0.2, 0.25) is 5.91 Å². The Bertz CT molecular complexity index is 161. The van der Waals surface area contributed by atoms with Crippen LogP contribution >= 0.6 is 12.6 Å². The highest BCUT2D eigenvalue weighted by Gasteiger charge is 2.18. The van der Waals surface area contributed by atoms with Gasteiger partial charge in [0, 0.05) is 6.54 Å². The molecule has 78 valence electrons. The Kier molecular flexibility index (Phi) is 6.11. The maximum atomic E-state index is 10.8. The largest absolute Gasteiger partial charge is 0.394 e. The number of carbonyl (C=O) groups is 1. The molecule has 0 aliphatic carbocycles. The van der Waals surface area contributed by atoms with Gasteiger partial charge in [-0.25, -0.2) is 0 Å². The van der Waals surface area contributed by atoms with E-state index in [1.54, 1.807) is 0 Å². The SMILES string of the molecule is CC(C)(CNC(=O)CS)OCCO. The molecule has 0 fully saturated rings. The lowest BCUT2D eigenvalue weighted by Crippen LogP contribution is -2.41. The Labute approximate surface area is 84.1 Å². The second-order valence-electron chi connectivity index (χ2n) is 3.27. The van der Waals surface area contributed by atoms with Gasteiger partial charge >= 0.3 is 0 Å². The molecule has 0 saturated carbocycles. The lowest BCUT2D eigenvalue weighted by atomic mass is 10.1. The quantitative estimate of drug-likeness (QED) is 0.530. The van der Waals surface area contributed by atoms with E-state index < -0.39 is 5.60 Å². The van der Waals surface area contributed by atoms with Crippen molar-refractivity contribution in [2.75, 3.05) is 25.5 Å². The van der Waals surface area contributed by atoms with Crippen LogP contribution in [0.25, 0.3) is 0 Å². The van der Waals surface area contributed by atoms with Crippen molar-refractivity contribution in [1.82, 2.24) is 5.32 Å². The van der Waals surface area contributed by atoms with Crippen LogP contribution in [0.2, 0.25) is 0 Å². The molecule has 0 aliphatic heterocycles. The minimum atomic E-state index is -0.443. The van der Waals surface area contributed by atoms with Gasteiger partial charge in [0.15, 0.2) is 0 Å². The summed E-state index contributed by atoms with van der Waals surface area (Å²) in [6.45, 7) is 4.39. The van der Waals surface area contributed by atoms with Gasteiger partial charge < -0.3 is 15.2 Å². The first-order valence-electron chi connectivity index (χ1n) is 4.14. The Hall–Kier alpha value is -0.260. The van der Waals surface area contributed by atoms with Crippen molar-refractivity contribution in [3.8, 4) is 0 Å². The average Bonchev–Trinajstić information content (AvgIpc) is 2.11. The molecule has 0 aromatic rings. The Morgan fingerprint density at radius 2 is 2.23 bits per heavy atom. The zero-order valence-corrected chi connectivity index (χ0v) is 8.93. The number of ether oxygens (including phenoxy) is 1. The standard InChI is InChI=1S/C8H17NO3S/c1-8(2,12-4-3-10)6-9-7(11)5-13/h10,13H,3-6H2,1-2H3,(H,9,11). The molecule has 0 atom stereocenters. The maximum Gasteiger partial charge on any atom is 0.229 e. The molecule has 0 rings (SSSR count). The first-order valence-corrected chi connectivity index (χ1v) is 4.77. The van der Waals surface area contributed by atoms with Crippen molar-refractivity contribution >= 4 is 18.5 Å². The second-order valence-corrected chi connectivity index (χ2v) is 3.58. The molecule has 0 heterocycles. The number of amides is 1. The van der Waals surface area contributed by atoms with Crippen molar-refractivity contribution < 1.29 is 14.6 Å². The van der Waals surface area contributed by atoms with E-state index in [1.807, 2.05) is 13.8 Å². The monoisotopic (exact) mass is 207 g/mol. The second kappa shape index (κ2) is 6.23. The smallest absolute Gasteiger partial charge is 0.229 e. The Morgan fingerprint density at radius 1 is 1.62 bits per heavy atom. The van der Waals surface area contributed by atoms with Gasteiger partial charge in [-0.2, -0.15) is 12.6 Å². The molecule has 0 radical (unpaired) electrons. The number of hydrogen-bond donors (Lipinski definition) is 3. The number of nitrogens with one attached hydrogen (secondary N) is 1. The molecule has 13 heavy (non-hydrogen) atoms. The fourth-order valence-electron chi connectivity index (χ4n) is 0.740.